The van der Waals surface area contributed by atoms with Crippen molar-refractivity contribution < 1.29 is 19.0 Å². The van der Waals surface area contributed by atoms with Crippen LogP contribution in [0.5, 0.6) is 5.75 Å². The molecule has 2 aromatic rings. The average Bonchev–Trinajstić information content (AvgIpc) is 2.61. The maximum atomic E-state index is 12.3. The van der Waals surface area contributed by atoms with E-state index in [0.717, 1.165) is 12.8 Å². The summed E-state index contributed by atoms with van der Waals surface area (Å²) in [6.07, 6.45) is 8.37. The van der Waals surface area contributed by atoms with E-state index in [4.69, 9.17) is 4.74 Å². The highest BCUT2D eigenvalue weighted by Gasteiger charge is 2.20. The van der Waals surface area contributed by atoms with Crippen molar-refractivity contribution in [2.75, 3.05) is 12.4 Å². The molecule has 0 saturated heterocycles. The number of nitrogens with one attached hydrogen (secondary N) is 1. The third-order valence-electron chi connectivity index (χ3n) is 4.35. The van der Waals surface area contributed by atoms with Crippen molar-refractivity contribution in [3.8, 4) is 5.75 Å². The van der Waals surface area contributed by atoms with Gasteiger partial charge >= 0.3 is 0 Å². The van der Waals surface area contributed by atoms with Gasteiger partial charge in [-0.15, -0.1) is 0 Å². The summed E-state index contributed by atoms with van der Waals surface area (Å²) >= 11 is 0. The molecule has 7 nitrogen and oxygen atoms in total. The van der Waals surface area contributed by atoms with E-state index in [-0.39, 0.29) is 23.8 Å². The highest BCUT2D eigenvalue weighted by Crippen LogP contribution is 2.28. The van der Waals surface area contributed by atoms with Crippen LogP contribution in [0.25, 0.3) is 0 Å². The number of nitrogens with zero attached hydrogens (tertiary/aromatic N) is 2. The summed E-state index contributed by atoms with van der Waals surface area (Å²) < 4.78 is 6.81. The largest absolute Gasteiger partial charge is 0.496 e. The first kappa shape index (κ1) is 16.9. The number of anilines is 1. The highest BCUT2D eigenvalue weighted by atomic mass is 16.6. The number of amides is 1. The lowest BCUT2D eigenvalue weighted by molar-refractivity contribution is -0.684. The van der Waals surface area contributed by atoms with Crippen LogP contribution in [0.4, 0.5) is 11.4 Å². The molecule has 1 aliphatic carbocycles. The van der Waals surface area contributed by atoms with Crippen LogP contribution < -0.4 is 14.6 Å². The van der Waals surface area contributed by atoms with Gasteiger partial charge in [0.25, 0.3) is 11.6 Å². The van der Waals surface area contributed by atoms with Crippen LogP contribution in [0.3, 0.4) is 0 Å². The number of methoxy groups -OCH3 is 1. The Bertz CT molecular complexity index is 820. The fraction of sp³-hybridized carbons (Fsp3) is 0.333. The number of hydrogen-bond acceptors (Lipinski definition) is 4. The molecule has 130 valence electrons. The van der Waals surface area contributed by atoms with E-state index in [1.807, 2.05) is 17.0 Å². The first-order valence-electron chi connectivity index (χ1n) is 8.20. The van der Waals surface area contributed by atoms with E-state index in [0.29, 0.717) is 5.75 Å². The molecule has 0 saturated carbocycles. The summed E-state index contributed by atoms with van der Waals surface area (Å²) in [7, 11) is 1.43. The number of rotatable bonds is 5. The number of ether oxygens (including phenoxy) is 1. The Morgan fingerprint density at radius 1 is 1.28 bits per heavy atom. The minimum atomic E-state index is -0.538. The number of benzene rings is 1. The van der Waals surface area contributed by atoms with Gasteiger partial charge in [0.05, 0.1) is 18.1 Å². The van der Waals surface area contributed by atoms with Gasteiger partial charge in [-0.25, -0.2) is 0 Å². The Kier molecular flexibility index (Phi) is 4.92. The third kappa shape index (κ3) is 3.93. The van der Waals surface area contributed by atoms with E-state index >= 15 is 0 Å². The summed E-state index contributed by atoms with van der Waals surface area (Å²) in [6, 6.07) is 6.40. The SMILES string of the molecule is COc1ccc(NC(=O)C[n+]2ccc3c(c2)CCCC3)c([N+](=O)[O-])c1. The molecule has 1 aliphatic rings. The van der Waals surface area contributed by atoms with Crippen LogP contribution in [0, 0.1) is 10.1 Å². The highest BCUT2D eigenvalue weighted by molar-refractivity contribution is 5.92. The van der Waals surface area contributed by atoms with Crippen molar-refractivity contribution in [3.63, 3.8) is 0 Å². The smallest absolute Gasteiger partial charge is 0.296 e. The van der Waals surface area contributed by atoms with Gasteiger partial charge in [0.15, 0.2) is 12.4 Å². The number of carbonyl (C=O) groups excluding carboxylic acids is 1. The number of pyridine rings is 1. The molecule has 25 heavy (non-hydrogen) atoms. The Hall–Kier alpha value is -2.96. The molecule has 7 heteroatoms. The number of fused-ring (bicyclic) bond motifs is 1. The van der Waals surface area contributed by atoms with Gasteiger partial charge in [-0.1, -0.05) is 0 Å². The number of nitro groups is 1. The van der Waals surface area contributed by atoms with Crippen molar-refractivity contribution in [1.82, 2.24) is 0 Å². The topological polar surface area (TPSA) is 85.3 Å². The van der Waals surface area contributed by atoms with Gasteiger partial charge in [-0.2, -0.15) is 4.57 Å². The molecular weight excluding hydrogens is 322 g/mol. The second-order valence-electron chi connectivity index (χ2n) is 6.06. The van der Waals surface area contributed by atoms with Crippen molar-refractivity contribution in [1.29, 1.82) is 0 Å². The molecule has 3 rings (SSSR count). The summed E-state index contributed by atoms with van der Waals surface area (Å²) in [5.74, 6) is 0.0581. The van der Waals surface area contributed by atoms with Gasteiger partial charge in [0.2, 0.25) is 6.54 Å². The number of carbonyl (C=O) groups is 1. The van der Waals surface area contributed by atoms with Crippen LogP contribution in [0.2, 0.25) is 0 Å². The molecule has 0 fully saturated rings. The van der Waals surface area contributed by atoms with Crippen molar-refractivity contribution >= 4 is 17.3 Å². The molecule has 1 heterocycles. The zero-order valence-electron chi connectivity index (χ0n) is 14.0. The normalized spacial score (nSPS) is 13.0. The Balaban J connectivity index is 1.73. The van der Waals surface area contributed by atoms with E-state index in [9.17, 15) is 14.9 Å². The summed E-state index contributed by atoms with van der Waals surface area (Å²) in [4.78, 5) is 22.9. The zero-order valence-corrected chi connectivity index (χ0v) is 14.0. The van der Waals surface area contributed by atoms with Crippen molar-refractivity contribution in [2.24, 2.45) is 0 Å². The predicted octanol–water partition coefficient (Wildman–Crippen LogP) is 2.41. The maximum Gasteiger partial charge on any atom is 0.296 e. The second kappa shape index (κ2) is 7.29. The molecule has 0 radical (unpaired) electrons. The van der Waals surface area contributed by atoms with E-state index in [1.54, 1.807) is 6.07 Å². The number of nitro benzene ring substituents is 1. The third-order valence-corrected chi connectivity index (χ3v) is 4.35. The average molecular weight is 342 g/mol. The van der Waals surface area contributed by atoms with E-state index < -0.39 is 4.92 Å². The molecular formula is C18H20N3O4+. The molecule has 1 aromatic heterocycles. The molecule has 1 N–H and O–H groups in total. The summed E-state index contributed by atoms with van der Waals surface area (Å²) in [5, 5.41) is 13.8. The monoisotopic (exact) mass is 342 g/mol. The van der Waals surface area contributed by atoms with Crippen LogP contribution in [-0.4, -0.2) is 17.9 Å². The standard InChI is InChI=1S/C18H19N3O4/c1-25-15-6-7-16(17(10-15)21(23)24)19-18(22)12-20-9-8-13-4-2-3-5-14(13)11-20/h6-11H,2-5,12H2,1H3/p+1. The lowest BCUT2D eigenvalue weighted by Gasteiger charge is -2.13. The zero-order chi connectivity index (χ0) is 17.8. The van der Waals surface area contributed by atoms with Crippen LogP contribution in [0.1, 0.15) is 24.0 Å². The Morgan fingerprint density at radius 2 is 2.04 bits per heavy atom. The van der Waals surface area contributed by atoms with Gasteiger partial charge in [0, 0.05) is 11.6 Å². The van der Waals surface area contributed by atoms with Gasteiger partial charge < -0.3 is 10.1 Å². The minimum Gasteiger partial charge on any atom is -0.496 e. The predicted molar refractivity (Wildman–Crippen MR) is 91.6 cm³/mol. The fourth-order valence-electron chi connectivity index (χ4n) is 3.07. The van der Waals surface area contributed by atoms with Crippen molar-refractivity contribution in [2.45, 2.75) is 32.2 Å². The van der Waals surface area contributed by atoms with Crippen LogP contribution in [-0.2, 0) is 24.2 Å². The first-order chi connectivity index (χ1) is 12.1. The number of hydrogen-bond donors (Lipinski definition) is 1. The Labute approximate surface area is 145 Å². The molecule has 0 unspecified atom stereocenters. The van der Waals surface area contributed by atoms with Crippen LogP contribution in [0.15, 0.2) is 36.7 Å². The molecule has 0 atom stereocenters. The summed E-state index contributed by atoms with van der Waals surface area (Å²) in [5.41, 5.74) is 2.59. The molecule has 0 bridgehead atoms. The van der Waals surface area contributed by atoms with E-state index in [1.165, 1.54) is 43.2 Å². The summed E-state index contributed by atoms with van der Waals surface area (Å²) in [6.45, 7) is 0.108. The maximum absolute atomic E-state index is 12.3. The molecule has 1 aromatic carbocycles. The molecule has 1 amide bonds. The number of aromatic nitrogens is 1. The first-order valence-corrected chi connectivity index (χ1v) is 8.20. The van der Waals surface area contributed by atoms with E-state index in [2.05, 4.69) is 11.4 Å². The fourth-order valence-corrected chi connectivity index (χ4v) is 3.07. The van der Waals surface area contributed by atoms with Gasteiger partial charge in [-0.3, -0.25) is 14.9 Å². The van der Waals surface area contributed by atoms with Crippen molar-refractivity contribution in [3.05, 3.63) is 57.9 Å². The van der Waals surface area contributed by atoms with Gasteiger partial charge in [-0.05, 0) is 43.4 Å². The lowest BCUT2D eigenvalue weighted by atomic mass is 9.93. The Morgan fingerprint density at radius 3 is 2.76 bits per heavy atom. The van der Waals surface area contributed by atoms with Gasteiger partial charge in [0.1, 0.15) is 11.4 Å². The minimum absolute atomic E-state index is 0.108. The lowest BCUT2D eigenvalue weighted by Crippen LogP contribution is -2.40. The second-order valence-corrected chi connectivity index (χ2v) is 6.06. The molecule has 0 spiro atoms. The quantitative estimate of drug-likeness (QED) is 0.514. The molecule has 0 aliphatic heterocycles. The van der Waals surface area contributed by atoms with Crippen LogP contribution >= 0.6 is 0 Å². The number of aryl methyl sites for hydroxylation is 2.